The second-order valence-corrected chi connectivity index (χ2v) is 8.73. The van der Waals surface area contributed by atoms with E-state index in [0.717, 1.165) is 48.4 Å². The van der Waals surface area contributed by atoms with Gasteiger partial charge in [0, 0.05) is 48.7 Å². The molecule has 1 fully saturated rings. The van der Waals surface area contributed by atoms with Crippen LogP contribution in [-0.2, 0) is 11.2 Å². The van der Waals surface area contributed by atoms with Crippen LogP contribution < -0.4 is 5.32 Å². The van der Waals surface area contributed by atoms with E-state index in [1.54, 1.807) is 17.8 Å². The molecule has 2 aliphatic rings. The number of hydrogen-bond donors (Lipinski definition) is 1. The SMILES string of the molecule is O=C1Nc2cn(C3CCOCC3)nc2C(=O)CCCCc2cc(ccn2)-c2nc1cs2. The van der Waals surface area contributed by atoms with Gasteiger partial charge in [-0.2, -0.15) is 5.10 Å². The molecule has 8 nitrogen and oxygen atoms in total. The van der Waals surface area contributed by atoms with Crippen molar-refractivity contribution in [3.63, 3.8) is 0 Å². The zero-order valence-corrected chi connectivity index (χ0v) is 17.9. The number of aromatic nitrogens is 4. The topological polar surface area (TPSA) is 99.0 Å². The lowest BCUT2D eigenvalue weighted by Crippen LogP contribution is -2.20. The van der Waals surface area contributed by atoms with Crippen LogP contribution in [-0.4, -0.2) is 44.7 Å². The fraction of sp³-hybridized carbons (Fsp3) is 0.409. The third kappa shape index (κ3) is 4.28. The van der Waals surface area contributed by atoms with E-state index in [4.69, 9.17) is 4.74 Å². The minimum Gasteiger partial charge on any atom is -0.381 e. The minimum absolute atomic E-state index is 0.0586. The maximum atomic E-state index is 13.0. The second-order valence-electron chi connectivity index (χ2n) is 7.87. The summed E-state index contributed by atoms with van der Waals surface area (Å²) < 4.78 is 7.25. The van der Waals surface area contributed by atoms with Crippen molar-refractivity contribution in [1.29, 1.82) is 0 Å². The van der Waals surface area contributed by atoms with E-state index >= 15 is 0 Å². The molecule has 31 heavy (non-hydrogen) atoms. The lowest BCUT2D eigenvalue weighted by atomic mass is 10.1. The molecule has 0 atom stereocenters. The van der Waals surface area contributed by atoms with Gasteiger partial charge in [-0.25, -0.2) is 4.98 Å². The Labute approximate surface area is 183 Å². The number of ketones is 1. The van der Waals surface area contributed by atoms with Crippen molar-refractivity contribution in [2.75, 3.05) is 18.5 Å². The summed E-state index contributed by atoms with van der Waals surface area (Å²) in [7, 11) is 0. The molecule has 0 spiro atoms. The molecule has 3 aromatic rings. The number of ether oxygens (including phenoxy) is 1. The highest BCUT2D eigenvalue weighted by molar-refractivity contribution is 7.13. The van der Waals surface area contributed by atoms with Crippen molar-refractivity contribution in [2.24, 2.45) is 0 Å². The Bertz CT molecular complexity index is 1120. The molecule has 0 unspecified atom stereocenters. The number of carbonyl (C=O) groups excluding carboxylic acids is 2. The number of fused-ring (bicyclic) bond motifs is 6. The van der Waals surface area contributed by atoms with Crippen LogP contribution >= 0.6 is 11.3 Å². The van der Waals surface area contributed by atoms with Crippen LogP contribution in [0.1, 0.15) is 64.8 Å². The molecule has 5 rings (SSSR count). The summed E-state index contributed by atoms with van der Waals surface area (Å²) in [6.07, 6.45) is 7.99. The standard InChI is InChI=1S/C22H23N5O3S/c28-19-4-2-1-3-15-11-14(5-8-23-15)22-25-18(13-31-22)21(29)24-17-12-27(26-20(17)19)16-6-9-30-10-7-16/h5,8,11-13,16H,1-4,6-7,9-10H2,(H,24,29). The highest BCUT2D eigenvalue weighted by atomic mass is 32.1. The van der Waals surface area contributed by atoms with Crippen molar-refractivity contribution in [3.8, 4) is 10.6 Å². The number of anilines is 1. The Morgan fingerprint density at radius 2 is 2.00 bits per heavy atom. The molecular weight excluding hydrogens is 414 g/mol. The van der Waals surface area contributed by atoms with Crippen LogP contribution in [0.25, 0.3) is 10.6 Å². The van der Waals surface area contributed by atoms with Gasteiger partial charge in [0.05, 0.1) is 11.7 Å². The third-order valence-electron chi connectivity index (χ3n) is 5.70. The number of amides is 1. The predicted octanol–water partition coefficient (Wildman–Crippen LogP) is 3.91. The monoisotopic (exact) mass is 437 g/mol. The van der Waals surface area contributed by atoms with Gasteiger partial charge in [0.2, 0.25) is 0 Å². The maximum absolute atomic E-state index is 13.0. The van der Waals surface area contributed by atoms with Gasteiger partial charge >= 0.3 is 0 Å². The number of aryl methyl sites for hydroxylation is 1. The highest BCUT2D eigenvalue weighted by Gasteiger charge is 2.24. The van der Waals surface area contributed by atoms with E-state index in [0.29, 0.717) is 36.7 Å². The van der Waals surface area contributed by atoms with Crippen molar-refractivity contribution in [3.05, 3.63) is 47.0 Å². The summed E-state index contributed by atoms with van der Waals surface area (Å²) in [5, 5.41) is 9.98. The molecule has 0 saturated carbocycles. The molecule has 160 valence electrons. The van der Waals surface area contributed by atoms with Gasteiger partial charge in [0.1, 0.15) is 10.7 Å². The zero-order valence-electron chi connectivity index (χ0n) is 17.0. The Morgan fingerprint density at radius 3 is 2.87 bits per heavy atom. The summed E-state index contributed by atoms with van der Waals surface area (Å²) in [6.45, 7) is 1.34. The molecule has 9 heteroatoms. The number of thiazole rings is 1. The first-order chi connectivity index (χ1) is 15.2. The van der Waals surface area contributed by atoms with Gasteiger partial charge in [0.25, 0.3) is 5.91 Å². The summed E-state index contributed by atoms with van der Waals surface area (Å²) >= 11 is 1.42. The van der Waals surface area contributed by atoms with Crippen LogP contribution in [0, 0.1) is 0 Å². The number of Topliss-reactive ketones (excluding diaryl/α,β-unsaturated/α-hetero) is 1. The van der Waals surface area contributed by atoms with E-state index in [1.807, 2.05) is 16.8 Å². The lowest BCUT2D eigenvalue weighted by molar-refractivity contribution is 0.0660. The van der Waals surface area contributed by atoms with E-state index in [1.165, 1.54) is 11.3 Å². The van der Waals surface area contributed by atoms with Crippen LogP contribution in [0.3, 0.4) is 0 Å². The predicted molar refractivity (Wildman–Crippen MR) is 117 cm³/mol. The molecule has 1 N–H and O–H groups in total. The Hall–Kier alpha value is -2.91. The normalized spacial score (nSPS) is 18.1. The average Bonchev–Trinajstić information content (AvgIpc) is 3.45. The van der Waals surface area contributed by atoms with Gasteiger partial charge in [0.15, 0.2) is 11.5 Å². The summed E-state index contributed by atoms with van der Waals surface area (Å²) in [5.41, 5.74) is 3.01. The van der Waals surface area contributed by atoms with Crippen molar-refractivity contribution >= 4 is 28.7 Å². The lowest BCUT2D eigenvalue weighted by Gasteiger charge is -2.22. The molecule has 1 amide bonds. The third-order valence-corrected chi connectivity index (χ3v) is 6.59. The number of hydrogen-bond acceptors (Lipinski definition) is 7. The molecule has 4 bridgehead atoms. The Kier molecular flexibility index (Phi) is 5.61. The molecule has 3 aromatic heterocycles. The van der Waals surface area contributed by atoms with Crippen LogP contribution in [0.15, 0.2) is 29.9 Å². The largest absolute Gasteiger partial charge is 0.381 e. The number of pyridine rings is 1. The van der Waals surface area contributed by atoms with Crippen LogP contribution in [0.2, 0.25) is 0 Å². The van der Waals surface area contributed by atoms with Crippen molar-refractivity contribution < 1.29 is 14.3 Å². The fourth-order valence-corrected chi connectivity index (χ4v) is 4.78. The number of carbonyl (C=O) groups is 2. The Morgan fingerprint density at radius 1 is 1.16 bits per heavy atom. The highest BCUT2D eigenvalue weighted by Crippen LogP contribution is 2.28. The minimum atomic E-state index is -0.341. The van der Waals surface area contributed by atoms with Gasteiger partial charge in [-0.1, -0.05) is 0 Å². The first-order valence-electron chi connectivity index (χ1n) is 10.6. The quantitative estimate of drug-likeness (QED) is 0.620. The van der Waals surface area contributed by atoms with E-state index in [-0.39, 0.29) is 17.7 Å². The van der Waals surface area contributed by atoms with Crippen LogP contribution in [0.5, 0.6) is 0 Å². The summed E-state index contributed by atoms with van der Waals surface area (Å²) in [5.74, 6) is -0.399. The van der Waals surface area contributed by atoms with Crippen molar-refractivity contribution in [2.45, 2.75) is 44.6 Å². The average molecular weight is 438 g/mol. The molecule has 0 radical (unpaired) electrons. The molecule has 0 aliphatic carbocycles. The zero-order chi connectivity index (χ0) is 21.2. The number of rotatable bonds is 1. The molecule has 5 heterocycles. The van der Waals surface area contributed by atoms with Gasteiger partial charge in [-0.3, -0.25) is 19.3 Å². The van der Waals surface area contributed by atoms with Gasteiger partial charge in [-0.15, -0.1) is 11.3 Å². The first-order valence-corrected chi connectivity index (χ1v) is 11.5. The molecular formula is C22H23N5O3S. The van der Waals surface area contributed by atoms with E-state index in [9.17, 15) is 9.59 Å². The number of nitrogens with zero attached hydrogens (tertiary/aromatic N) is 4. The number of nitrogens with one attached hydrogen (secondary N) is 1. The summed E-state index contributed by atoms with van der Waals surface area (Å²) in [6, 6.07) is 4.08. The van der Waals surface area contributed by atoms with E-state index < -0.39 is 0 Å². The van der Waals surface area contributed by atoms with Gasteiger partial charge in [-0.05, 0) is 44.2 Å². The maximum Gasteiger partial charge on any atom is 0.275 e. The first kappa shape index (κ1) is 20.0. The smallest absolute Gasteiger partial charge is 0.275 e. The molecule has 1 saturated heterocycles. The van der Waals surface area contributed by atoms with Crippen molar-refractivity contribution in [1.82, 2.24) is 19.7 Å². The van der Waals surface area contributed by atoms with E-state index in [2.05, 4.69) is 20.4 Å². The van der Waals surface area contributed by atoms with Crippen LogP contribution in [0.4, 0.5) is 5.69 Å². The Balaban J connectivity index is 1.49. The second kappa shape index (κ2) is 8.68. The molecule has 2 aliphatic heterocycles. The van der Waals surface area contributed by atoms with Gasteiger partial charge < -0.3 is 10.1 Å². The molecule has 0 aromatic carbocycles. The fourth-order valence-electron chi connectivity index (χ4n) is 3.98. The summed E-state index contributed by atoms with van der Waals surface area (Å²) in [4.78, 5) is 34.8.